The van der Waals surface area contributed by atoms with E-state index >= 15 is 0 Å². The molecule has 3 rings (SSSR count). The predicted molar refractivity (Wildman–Crippen MR) is 100 cm³/mol. The number of carbonyl (C=O) groups is 1. The van der Waals surface area contributed by atoms with Gasteiger partial charge >= 0.3 is 5.97 Å². The lowest BCUT2D eigenvalue weighted by molar-refractivity contribution is 0.0696. The van der Waals surface area contributed by atoms with Gasteiger partial charge in [-0.3, -0.25) is 0 Å². The number of carboxylic acids is 1. The van der Waals surface area contributed by atoms with E-state index in [1.807, 2.05) is 0 Å². The molecule has 6 nitrogen and oxygen atoms in total. The molecule has 1 unspecified atom stereocenters. The quantitative estimate of drug-likeness (QED) is 0.791. The third-order valence-corrected chi connectivity index (χ3v) is 6.95. The van der Waals surface area contributed by atoms with Crippen LogP contribution in [0.5, 0.6) is 0 Å². The first-order valence-electron chi connectivity index (χ1n) is 9.48. The molecule has 1 saturated heterocycles. The van der Waals surface area contributed by atoms with E-state index in [4.69, 9.17) is 0 Å². The van der Waals surface area contributed by atoms with Gasteiger partial charge in [-0.1, -0.05) is 6.92 Å². The van der Waals surface area contributed by atoms with Gasteiger partial charge in [-0.15, -0.1) is 0 Å². The monoisotopic (exact) mass is 380 g/mol. The van der Waals surface area contributed by atoms with Gasteiger partial charge < -0.3 is 10.0 Å². The summed E-state index contributed by atoms with van der Waals surface area (Å²) in [5.41, 5.74) is 1.71. The minimum atomic E-state index is -3.71. The molecule has 1 aliphatic heterocycles. The number of sulfonamides is 1. The van der Waals surface area contributed by atoms with Gasteiger partial charge in [0.05, 0.1) is 10.5 Å². The van der Waals surface area contributed by atoms with Crippen LogP contribution in [0.2, 0.25) is 0 Å². The lowest BCUT2D eigenvalue weighted by atomic mass is 9.90. The average Bonchev–Trinajstić information content (AvgIpc) is 2.60. The SMILES string of the molecule is CC1CCCN(CCNS(=O)(=O)c2cc(C(=O)O)cc3c2CCCC3)C1. The summed E-state index contributed by atoms with van der Waals surface area (Å²) in [6.07, 6.45) is 5.72. The van der Waals surface area contributed by atoms with Gasteiger partial charge in [-0.25, -0.2) is 17.9 Å². The van der Waals surface area contributed by atoms with Crippen LogP contribution in [-0.4, -0.2) is 50.6 Å². The number of aromatic carboxylic acids is 1. The molecule has 2 N–H and O–H groups in total. The van der Waals surface area contributed by atoms with E-state index < -0.39 is 16.0 Å². The average molecular weight is 381 g/mol. The van der Waals surface area contributed by atoms with Crippen LogP contribution in [0, 0.1) is 5.92 Å². The number of carboxylic acid groups (broad SMARTS) is 1. The van der Waals surface area contributed by atoms with Gasteiger partial charge in [-0.05, 0) is 74.2 Å². The Morgan fingerprint density at radius 1 is 1.27 bits per heavy atom. The van der Waals surface area contributed by atoms with Crippen LogP contribution < -0.4 is 4.72 Å². The third kappa shape index (κ3) is 4.45. The van der Waals surface area contributed by atoms with Crippen LogP contribution in [0.4, 0.5) is 0 Å². The Morgan fingerprint density at radius 2 is 2.04 bits per heavy atom. The molecule has 0 amide bonds. The van der Waals surface area contributed by atoms with E-state index in [0.29, 0.717) is 25.4 Å². The number of benzene rings is 1. The summed E-state index contributed by atoms with van der Waals surface area (Å²) in [6.45, 7) is 5.27. The Kier molecular flexibility index (Phi) is 5.99. The lowest BCUT2D eigenvalue weighted by Crippen LogP contribution is -2.40. The van der Waals surface area contributed by atoms with Gasteiger partial charge in [0.25, 0.3) is 0 Å². The van der Waals surface area contributed by atoms with Crippen molar-refractivity contribution in [3.63, 3.8) is 0 Å². The van der Waals surface area contributed by atoms with Gasteiger partial charge in [0.15, 0.2) is 0 Å². The number of hydrogen-bond donors (Lipinski definition) is 2. The predicted octanol–water partition coefficient (Wildman–Crippen LogP) is 2.27. The van der Waals surface area contributed by atoms with Crippen molar-refractivity contribution in [1.29, 1.82) is 0 Å². The van der Waals surface area contributed by atoms with Crippen molar-refractivity contribution < 1.29 is 18.3 Å². The molecule has 26 heavy (non-hydrogen) atoms. The molecule has 0 aromatic heterocycles. The standard InChI is InChI=1S/C19H28N2O4S/c1-14-5-4-9-21(13-14)10-8-20-26(24,25)18-12-16(19(22)23)11-15-6-2-3-7-17(15)18/h11-12,14,20H,2-10,13H2,1H3,(H,22,23). The van der Waals surface area contributed by atoms with Crippen LogP contribution in [0.25, 0.3) is 0 Å². The number of hydrogen-bond acceptors (Lipinski definition) is 4. The van der Waals surface area contributed by atoms with Crippen molar-refractivity contribution in [3.8, 4) is 0 Å². The number of nitrogens with zero attached hydrogens (tertiary/aromatic N) is 1. The fourth-order valence-corrected chi connectivity index (χ4v) is 5.45. The van der Waals surface area contributed by atoms with Crippen molar-refractivity contribution in [2.24, 2.45) is 5.92 Å². The summed E-state index contributed by atoms with van der Waals surface area (Å²) in [6, 6.07) is 2.95. The van der Waals surface area contributed by atoms with Crippen LogP contribution in [-0.2, 0) is 22.9 Å². The summed E-state index contributed by atoms with van der Waals surface area (Å²) >= 11 is 0. The van der Waals surface area contributed by atoms with Gasteiger partial charge in [-0.2, -0.15) is 0 Å². The molecule has 1 aromatic carbocycles. The zero-order valence-electron chi connectivity index (χ0n) is 15.3. The molecule has 7 heteroatoms. The highest BCUT2D eigenvalue weighted by molar-refractivity contribution is 7.89. The maximum absolute atomic E-state index is 12.9. The van der Waals surface area contributed by atoms with E-state index in [2.05, 4.69) is 16.5 Å². The van der Waals surface area contributed by atoms with E-state index in [-0.39, 0.29) is 10.5 Å². The smallest absolute Gasteiger partial charge is 0.335 e. The summed E-state index contributed by atoms with van der Waals surface area (Å²) in [4.78, 5) is 13.8. The fraction of sp³-hybridized carbons (Fsp3) is 0.632. The van der Waals surface area contributed by atoms with Crippen LogP contribution in [0.15, 0.2) is 17.0 Å². The number of likely N-dealkylation sites (tertiary alicyclic amines) is 1. The highest BCUT2D eigenvalue weighted by atomic mass is 32.2. The minimum Gasteiger partial charge on any atom is -0.478 e. The normalized spacial score (nSPS) is 21.3. The second-order valence-corrected chi connectivity index (χ2v) is 9.31. The molecule has 0 bridgehead atoms. The number of piperidine rings is 1. The number of aryl methyl sites for hydroxylation is 1. The highest BCUT2D eigenvalue weighted by Gasteiger charge is 2.25. The first-order chi connectivity index (χ1) is 12.4. The number of fused-ring (bicyclic) bond motifs is 1. The van der Waals surface area contributed by atoms with E-state index in [1.165, 1.54) is 12.5 Å². The molecule has 1 atom stereocenters. The van der Waals surface area contributed by atoms with E-state index in [1.54, 1.807) is 6.07 Å². The van der Waals surface area contributed by atoms with E-state index in [9.17, 15) is 18.3 Å². The second kappa shape index (κ2) is 8.06. The van der Waals surface area contributed by atoms with Crippen molar-refractivity contribution >= 4 is 16.0 Å². The van der Waals surface area contributed by atoms with Crippen molar-refractivity contribution in [3.05, 3.63) is 28.8 Å². The van der Waals surface area contributed by atoms with Gasteiger partial charge in [0, 0.05) is 19.6 Å². The summed E-state index contributed by atoms with van der Waals surface area (Å²) in [5.74, 6) is -0.434. The Morgan fingerprint density at radius 3 is 2.77 bits per heavy atom. The molecule has 2 aliphatic rings. The highest BCUT2D eigenvalue weighted by Crippen LogP contribution is 2.29. The number of nitrogens with one attached hydrogen (secondary N) is 1. The third-order valence-electron chi connectivity index (χ3n) is 5.42. The maximum atomic E-state index is 12.9. The summed E-state index contributed by atoms with van der Waals surface area (Å²) in [7, 11) is -3.71. The molecule has 1 fully saturated rings. The summed E-state index contributed by atoms with van der Waals surface area (Å²) < 4.78 is 28.4. The fourth-order valence-electron chi connectivity index (χ4n) is 4.10. The topological polar surface area (TPSA) is 86.7 Å². The molecule has 144 valence electrons. The van der Waals surface area contributed by atoms with Crippen molar-refractivity contribution in [2.75, 3.05) is 26.2 Å². The van der Waals surface area contributed by atoms with Crippen LogP contribution >= 0.6 is 0 Å². The molecule has 0 radical (unpaired) electrons. The molecule has 1 heterocycles. The van der Waals surface area contributed by atoms with Crippen LogP contribution in [0.1, 0.15) is 54.1 Å². The Labute approximate surface area is 155 Å². The summed E-state index contributed by atoms with van der Waals surface area (Å²) in [5, 5.41) is 9.33. The first-order valence-corrected chi connectivity index (χ1v) is 11.0. The Balaban J connectivity index is 1.75. The molecule has 0 spiro atoms. The van der Waals surface area contributed by atoms with Crippen molar-refractivity contribution in [2.45, 2.75) is 50.3 Å². The zero-order valence-corrected chi connectivity index (χ0v) is 16.1. The largest absolute Gasteiger partial charge is 0.478 e. The zero-order chi connectivity index (χ0) is 18.7. The van der Waals surface area contributed by atoms with E-state index in [0.717, 1.165) is 49.9 Å². The lowest BCUT2D eigenvalue weighted by Gasteiger charge is -2.30. The minimum absolute atomic E-state index is 0.0517. The Bertz CT molecular complexity index is 776. The van der Waals surface area contributed by atoms with Gasteiger partial charge in [0.2, 0.25) is 10.0 Å². The molecule has 1 aromatic rings. The maximum Gasteiger partial charge on any atom is 0.335 e. The molecular formula is C19H28N2O4S. The molecule has 1 aliphatic carbocycles. The molecule has 0 saturated carbocycles. The van der Waals surface area contributed by atoms with Crippen LogP contribution in [0.3, 0.4) is 0 Å². The Hall–Kier alpha value is -1.44. The van der Waals surface area contributed by atoms with Gasteiger partial charge in [0.1, 0.15) is 0 Å². The second-order valence-electron chi connectivity index (χ2n) is 7.57. The van der Waals surface area contributed by atoms with Crippen molar-refractivity contribution in [1.82, 2.24) is 9.62 Å². The first kappa shape index (κ1) is 19.3. The number of rotatable bonds is 6. The molecular weight excluding hydrogens is 352 g/mol.